The molecule has 4 nitrogen and oxygen atoms in total. The second-order valence-electron chi connectivity index (χ2n) is 5.15. The Morgan fingerprint density at radius 3 is 2.94 bits per heavy atom. The zero-order valence-corrected chi connectivity index (χ0v) is 11.8. The molecule has 1 saturated heterocycles. The molecule has 0 bridgehead atoms. The average Bonchev–Trinajstić information content (AvgIpc) is 2.40. The van der Waals surface area contributed by atoms with Crippen molar-refractivity contribution in [2.24, 2.45) is 5.92 Å². The standard InChI is InChI=1S/C14H28N2O2/c1-3-5-6-12(4-2)10-16-14(17)9-13-11-18-8-7-15-13/h12-13,15H,3-11H2,1-2H3,(H,16,17). The summed E-state index contributed by atoms with van der Waals surface area (Å²) in [6.45, 7) is 7.49. The Kier molecular flexibility index (Phi) is 8.01. The molecule has 1 amide bonds. The maximum atomic E-state index is 11.8. The molecule has 1 aliphatic heterocycles. The minimum atomic E-state index is 0.146. The van der Waals surface area contributed by atoms with E-state index in [4.69, 9.17) is 4.74 Å². The monoisotopic (exact) mass is 256 g/mol. The van der Waals surface area contributed by atoms with Gasteiger partial charge >= 0.3 is 0 Å². The molecule has 1 aliphatic rings. The smallest absolute Gasteiger partial charge is 0.221 e. The molecule has 4 heteroatoms. The van der Waals surface area contributed by atoms with Crippen molar-refractivity contribution in [2.45, 2.75) is 52.0 Å². The molecule has 2 unspecified atom stereocenters. The van der Waals surface area contributed by atoms with Crippen molar-refractivity contribution < 1.29 is 9.53 Å². The third kappa shape index (κ3) is 6.36. The highest BCUT2D eigenvalue weighted by Gasteiger charge is 2.17. The van der Waals surface area contributed by atoms with Crippen molar-refractivity contribution in [2.75, 3.05) is 26.3 Å². The van der Waals surface area contributed by atoms with Gasteiger partial charge in [-0.05, 0) is 12.3 Å². The molecule has 0 saturated carbocycles. The summed E-state index contributed by atoms with van der Waals surface area (Å²) >= 11 is 0. The van der Waals surface area contributed by atoms with Gasteiger partial charge < -0.3 is 15.4 Å². The Labute approximate surface area is 111 Å². The van der Waals surface area contributed by atoms with Crippen molar-refractivity contribution in [1.29, 1.82) is 0 Å². The molecular weight excluding hydrogens is 228 g/mol. The first-order valence-corrected chi connectivity index (χ1v) is 7.34. The zero-order valence-electron chi connectivity index (χ0n) is 11.8. The highest BCUT2D eigenvalue weighted by Crippen LogP contribution is 2.11. The fourth-order valence-electron chi connectivity index (χ4n) is 2.25. The van der Waals surface area contributed by atoms with E-state index in [0.29, 0.717) is 18.9 Å². The molecule has 2 atom stereocenters. The minimum absolute atomic E-state index is 0.146. The Morgan fingerprint density at radius 2 is 2.33 bits per heavy atom. The number of ether oxygens (including phenoxy) is 1. The van der Waals surface area contributed by atoms with Crippen LogP contribution in [-0.2, 0) is 9.53 Å². The van der Waals surface area contributed by atoms with E-state index >= 15 is 0 Å². The molecule has 1 fully saturated rings. The second kappa shape index (κ2) is 9.34. The van der Waals surface area contributed by atoms with Crippen LogP contribution in [0, 0.1) is 5.92 Å². The van der Waals surface area contributed by atoms with Gasteiger partial charge in [-0.2, -0.15) is 0 Å². The maximum Gasteiger partial charge on any atom is 0.221 e. The Bertz CT molecular complexity index is 228. The SMILES string of the molecule is CCCCC(CC)CNC(=O)CC1COCCN1. The highest BCUT2D eigenvalue weighted by molar-refractivity contribution is 5.76. The van der Waals surface area contributed by atoms with Crippen LogP contribution in [0.15, 0.2) is 0 Å². The van der Waals surface area contributed by atoms with Gasteiger partial charge in [-0.3, -0.25) is 4.79 Å². The lowest BCUT2D eigenvalue weighted by Gasteiger charge is -2.23. The number of morpholine rings is 1. The molecule has 0 aliphatic carbocycles. The first-order chi connectivity index (χ1) is 8.76. The van der Waals surface area contributed by atoms with Crippen LogP contribution in [0.2, 0.25) is 0 Å². The van der Waals surface area contributed by atoms with E-state index in [9.17, 15) is 4.79 Å². The lowest BCUT2D eigenvalue weighted by Crippen LogP contribution is -2.44. The van der Waals surface area contributed by atoms with Gasteiger partial charge in [0.15, 0.2) is 0 Å². The molecule has 0 aromatic carbocycles. The predicted octanol–water partition coefficient (Wildman–Crippen LogP) is 1.70. The molecule has 0 radical (unpaired) electrons. The van der Waals surface area contributed by atoms with E-state index in [1.165, 1.54) is 19.3 Å². The highest BCUT2D eigenvalue weighted by atomic mass is 16.5. The normalized spacial score (nSPS) is 21.6. The third-order valence-corrected chi connectivity index (χ3v) is 3.56. The first kappa shape index (κ1) is 15.4. The summed E-state index contributed by atoms with van der Waals surface area (Å²) in [7, 11) is 0. The van der Waals surface area contributed by atoms with Crippen molar-refractivity contribution in [3.63, 3.8) is 0 Å². The molecule has 1 heterocycles. The maximum absolute atomic E-state index is 11.8. The average molecular weight is 256 g/mol. The van der Waals surface area contributed by atoms with Crippen LogP contribution >= 0.6 is 0 Å². The fraction of sp³-hybridized carbons (Fsp3) is 0.929. The Hall–Kier alpha value is -0.610. The van der Waals surface area contributed by atoms with Crippen molar-refractivity contribution in [3.8, 4) is 0 Å². The van der Waals surface area contributed by atoms with Crippen molar-refractivity contribution >= 4 is 5.91 Å². The topological polar surface area (TPSA) is 50.4 Å². The summed E-state index contributed by atoms with van der Waals surface area (Å²) in [4.78, 5) is 11.8. The van der Waals surface area contributed by atoms with Gasteiger partial charge in [-0.1, -0.05) is 33.1 Å². The summed E-state index contributed by atoms with van der Waals surface area (Å²) in [6.07, 6.45) is 5.38. The van der Waals surface area contributed by atoms with Gasteiger partial charge in [0.25, 0.3) is 0 Å². The zero-order chi connectivity index (χ0) is 13.2. The van der Waals surface area contributed by atoms with Crippen LogP contribution in [0.3, 0.4) is 0 Å². The molecule has 0 aromatic rings. The number of nitrogens with one attached hydrogen (secondary N) is 2. The van der Waals surface area contributed by atoms with Crippen LogP contribution in [0.5, 0.6) is 0 Å². The van der Waals surface area contributed by atoms with Gasteiger partial charge in [0, 0.05) is 25.6 Å². The summed E-state index contributed by atoms with van der Waals surface area (Å²) in [5.41, 5.74) is 0. The van der Waals surface area contributed by atoms with Gasteiger partial charge in [-0.25, -0.2) is 0 Å². The van der Waals surface area contributed by atoms with Crippen LogP contribution < -0.4 is 10.6 Å². The van der Waals surface area contributed by atoms with Crippen LogP contribution in [0.1, 0.15) is 46.0 Å². The fourth-order valence-corrected chi connectivity index (χ4v) is 2.25. The van der Waals surface area contributed by atoms with Gasteiger partial charge in [0.2, 0.25) is 5.91 Å². The number of carbonyl (C=O) groups is 1. The van der Waals surface area contributed by atoms with E-state index in [1.54, 1.807) is 0 Å². The number of rotatable bonds is 8. The second-order valence-corrected chi connectivity index (χ2v) is 5.15. The number of amides is 1. The van der Waals surface area contributed by atoms with E-state index in [0.717, 1.165) is 26.1 Å². The molecule has 18 heavy (non-hydrogen) atoms. The summed E-state index contributed by atoms with van der Waals surface area (Å²) < 4.78 is 5.34. The molecule has 106 valence electrons. The Morgan fingerprint density at radius 1 is 1.50 bits per heavy atom. The molecular formula is C14H28N2O2. The predicted molar refractivity (Wildman–Crippen MR) is 73.5 cm³/mol. The number of hydrogen-bond acceptors (Lipinski definition) is 3. The van der Waals surface area contributed by atoms with Crippen molar-refractivity contribution in [3.05, 3.63) is 0 Å². The number of carbonyl (C=O) groups excluding carboxylic acids is 1. The first-order valence-electron chi connectivity index (χ1n) is 7.34. The van der Waals surface area contributed by atoms with Crippen LogP contribution in [-0.4, -0.2) is 38.3 Å². The molecule has 1 rings (SSSR count). The quantitative estimate of drug-likeness (QED) is 0.695. The van der Waals surface area contributed by atoms with Gasteiger partial charge in [0.05, 0.1) is 13.2 Å². The lowest BCUT2D eigenvalue weighted by molar-refractivity contribution is -0.122. The Balaban J connectivity index is 2.14. The van der Waals surface area contributed by atoms with E-state index in [2.05, 4.69) is 24.5 Å². The number of unbranched alkanes of at least 4 members (excludes halogenated alkanes) is 1. The van der Waals surface area contributed by atoms with E-state index < -0.39 is 0 Å². The molecule has 0 aromatic heterocycles. The number of hydrogen-bond donors (Lipinski definition) is 2. The molecule has 0 spiro atoms. The molecule has 2 N–H and O–H groups in total. The van der Waals surface area contributed by atoms with E-state index in [1.807, 2.05) is 0 Å². The third-order valence-electron chi connectivity index (χ3n) is 3.56. The van der Waals surface area contributed by atoms with Crippen LogP contribution in [0.4, 0.5) is 0 Å². The largest absolute Gasteiger partial charge is 0.378 e. The summed E-state index contributed by atoms with van der Waals surface area (Å²) in [5, 5.41) is 6.36. The van der Waals surface area contributed by atoms with Crippen LogP contribution in [0.25, 0.3) is 0 Å². The summed E-state index contributed by atoms with van der Waals surface area (Å²) in [5.74, 6) is 0.775. The van der Waals surface area contributed by atoms with Crippen molar-refractivity contribution in [1.82, 2.24) is 10.6 Å². The summed E-state index contributed by atoms with van der Waals surface area (Å²) in [6, 6.07) is 0.189. The van der Waals surface area contributed by atoms with E-state index in [-0.39, 0.29) is 11.9 Å². The minimum Gasteiger partial charge on any atom is -0.378 e. The lowest BCUT2D eigenvalue weighted by atomic mass is 9.99. The van der Waals surface area contributed by atoms with Gasteiger partial charge in [0.1, 0.15) is 0 Å². The van der Waals surface area contributed by atoms with Gasteiger partial charge in [-0.15, -0.1) is 0 Å².